The van der Waals surface area contributed by atoms with Gasteiger partial charge in [0.05, 0.1) is 5.92 Å². The van der Waals surface area contributed by atoms with E-state index in [1.807, 2.05) is 41.5 Å². The van der Waals surface area contributed by atoms with Crippen molar-refractivity contribution in [2.75, 3.05) is 0 Å². The molecule has 0 radical (unpaired) electrons. The normalized spacial score (nSPS) is 14.5. The lowest BCUT2D eigenvalue weighted by Gasteiger charge is -2.32. The van der Waals surface area contributed by atoms with E-state index in [4.69, 9.17) is 5.73 Å². The molecule has 6 heteroatoms. The number of nitrogens with one attached hydrogen (secondary N) is 1. The van der Waals surface area contributed by atoms with Gasteiger partial charge in [0, 0.05) is 17.5 Å². The van der Waals surface area contributed by atoms with Crippen LogP contribution < -0.4 is 11.1 Å². The van der Waals surface area contributed by atoms with E-state index in [1.54, 1.807) is 0 Å². The SMILES string of the molecule is CC(C)(C)CC(C(=O)NC(C)(C)C)C(CCc1cc(F)cc(F)c1)C(N)=O. The summed E-state index contributed by atoms with van der Waals surface area (Å²) in [5, 5.41) is 2.93. The van der Waals surface area contributed by atoms with Crippen LogP contribution in [0.5, 0.6) is 0 Å². The Bertz CT molecular complexity index is 655. The highest BCUT2D eigenvalue weighted by Gasteiger charge is 2.36. The molecule has 0 aliphatic carbocycles. The molecule has 0 saturated heterocycles. The summed E-state index contributed by atoms with van der Waals surface area (Å²) in [4.78, 5) is 25.0. The van der Waals surface area contributed by atoms with Crippen LogP contribution in [0.15, 0.2) is 18.2 Å². The van der Waals surface area contributed by atoms with Crippen LogP contribution in [0.25, 0.3) is 0 Å². The van der Waals surface area contributed by atoms with E-state index in [2.05, 4.69) is 5.32 Å². The average Bonchev–Trinajstić information content (AvgIpc) is 2.41. The number of hydrogen-bond donors (Lipinski definition) is 2. The van der Waals surface area contributed by atoms with Crippen molar-refractivity contribution < 1.29 is 18.4 Å². The maximum absolute atomic E-state index is 13.4. The molecule has 2 amide bonds. The van der Waals surface area contributed by atoms with Crippen LogP contribution >= 0.6 is 0 Å². The zero-order valence-corrected chi connectivity index (χ0v) is 17.2. The number of aryl methyl sites for hydroxylation is 1. The van der Waals surface area contributed by atoms with Crippen molar-refractivity contribution in [1.29, 1.82) is 0 Å². The lowest BCUT2D eigenvalue weighted by molar-refractivity contribution is -0.135. The van der Waals surface area contributed by atoms with Gasteiger partial charge in [-0.15, -0.1) is 0 Å². The van der Waals surface area contributed by atoms with Crippen molar-refractivity contribution in [2.45, 2.75) is 66.3 Å². The number of halogens is 2. The molecule has 2 atom stereocenters. The third-order valence-electron chi connectivity index (χ3n) is 4.18. The van der Waals surface area contributed by atoms with Crippen molar-refractivity contribution in [3.8, 4) is 0 Å². The Balaban J connectivity index is 3.07. The molecule has 4 nitrogen and oxygen atoms in total. The quantitative estimate of drug-likeness (QED) is 0.749. The van der Waals surface area contributed by atoms with Crippen LogP contribution in [-0.2, 0) is 16.0 Å². The molecule has 1 aromatic carbocycles. The second-order valence-electron chi connectivity index (χ2n) is 9.44. The first kappa shape index (κ1) is 23.1. The van der Waals surface area contributed by atoms with Gasteiger partial charge in [-0.3, -0.25) is 9.59 Å². The molecule has 0 aliphatic heterocycles. The Kier molecular flexibility index (Phi) is 7.52. The van der Waals surface area contributed by atoms with Gasteiger partial charge in [0.2, 0.25) is 11.8 Å². The highest BCUT2D eigenvalue weighted by atomic mass is 19.1. The number of carbonyl (C=O) groups excluding carboxylic acids is 2. The van der Waals surface area contributed by atoms with Gasteiger partial charge < -0.3 is 11.1 Å². The third kappa shape index (κ3) is 8.50. The molecule has 152 valence electrons. The first-order valence-electron chi connectivity index (χ1n) is 9.24. The molecule has 1 aromatic rings. The van der Waals surface area contributed by atoms with Gasteiger partial charge in [0.1, 0.15) is 11.6 Å². The van der Waals surface area contributed by atoms with Gasteiger partial charge >= 0.3 is 0 Å². The lowest BCUT2D eigenvalue weighted by Crippen LogP contribution is -2.48. The first-order valence-corrected chi connectivity index (χ1v) is 9.24. The number of benzene rings is 1. The van der Waals surface area contributed by atoms with Gasteiger partial charge in [-0.2, -0.15) is 0 Å². The molecule has 2 unspecified atom stereocenters. The lowest BCUT2D eigenvalue weighted by atomic mass is 9.75. The number of primary amides is 1. The fourth-order valence-electron chi connectivity index (χ4n) is 3.16. The fraction of sp³-hybridized carbons (Fsp3) is 0.619. The highest BCUT2D eigenvalue weighted by Crippen LogP contribution is 2.32. The predicted octanol–water partition coefficient (Wildman–Crippen LogP) is 3.97. The van der Waals surface area contributed by atoms with Crippen LogP contribution in [0.3, 0.4) is 0 Å². The Morgan fingerprint density at radius 1 is 1.00 bits per heavy atom. The summed E-state index contributed by atoms with van der Waals surface area (Å²) in [5.41, 5.74) is 5.41. The van der Waals surface area contributed by atoms with Crippen molar-refractivity contribution in [3.63, 3.8) is 0 Å². The third-order valence-corrected chi connectivity index (χ3v) is 4.18. The average molecular weight is 382 g/mol. The summed E-state index contributed by atoms with van der Waals surface area (Å²) < 4.78 is 26.8. The van der Waals surface area contributed by atoms with E-state index in [1.165, 1.54) is 12.1 Å². The topological polar surface area (TPSA) is 72.2 Å². The van der Waals surface area contributed by atoms with Crippen LogP contribution in [0.4, 0.5) is 8.78 Å². The van der Waals surface area contributed by atoms with E-state index in [9.17, 15) is 18.4 Å². The molecule has 1 rings (SSSR count). The predicted molar refractivity (Wildman–Crippen MR) is 103 cm³/mol. The largest absolute Gasteiger partial charge is 0.369 e. The zero-order valence-electron chi connectivity index (χ0n) is 17.2. The smallest absolute Gasteiger partial charge is 0.224 e. The minimum Gasteiger partial charge on any atom is -0.369 e. The summed E-state index contributed by atoms with van der Waals surface area (Å²) in [7, 11) is 0. The van der Waals surface area contributed by atoms with Gasteiger partial charge in [-0.25, -0.2) is 8.78 Å². The van der Waals surface area contributed by atoms with Crippen LogP contribution in [0.2, 0.25) is 0 Å². The Morgan fingerprint density at radius 3 is 1.93 bits per heavy atom. The fourth-order valence-corrected chi connectivity index (χ4v) is 3.16. The summed E-state index contributed by atoms with van der Waals surface area (Å²) in [5.74, 6) is -3.48. The monoisotopic (exact) mass is 382 g/mol. The second kappa shape index (κ2) is 8.81. The van der Waals surface area contributed by atoms with Gasteiger partial charge in [-0.05, 0) is 63.1 Å². The van der Waals surface area contributed by atoms with Crippen molar-refractivity contribution in [1.82, 2.24) is 5.32 Å². The molecular formula is C21H32F2N2O2. The van der Waals surface area contributed by atoms with Crippen LogP contribution in [0, 0.1) is 28.9 Å². The molecule has 0 saturated carbocycles. The molecular weight excluding hydrogens is 350 g/mol. The molecule has 0 aliphatic rings. The highest BCUT2D eigenvalue weighted by molar-refractivity contribution is 5.87. The van der Waals surface area contributed by atoms with Crippen molar-refractivity contribution in [3.05, 3.63) is 35.4 Å². The molecule has 0 aromatic heterocycles. The number of hydrogen-bond acceptors (Lipinski definition) is 2. The number of amides is 2. The summed E-state index contributed by atoms with van der Waals surface area (Å²) in [6, 6.07) is 3.26. The molecule has 0 spiro atoms. The minimum absolute atomic E-state index is 0.196. The molecule has 0 heterocycles. The summed E-state index contributed by atoms with van der Waals surface area (Å²) >= 11 is 0. The van der Waals surface area contributed by atoms with Crippen LogP contribution in [-0.4, -0.2) is 17.4 Å². The molecule has 3 N–H and O–H groups in total. The van der Waals surface area contributed by atoms with Gasteiger partial charge in [0.25, 0.3) is 0 Å². The number of nitrogens with two attached hydrogens (primary N) is 1. The number of carbonyl (C=O) groups is 2. The first-order chi connectivity index (χ1) is 12.2. The number of rotatable bonds is 7. The van der Waals surface area contributed by atoms with Crippen LogP contribution in [0.1, 0.15) is 59.9 Å². The Morgan fingerprint density at radius 2 is 1.52 bits per heavy atom. The standard InChI is InChI=1S/C21H32F2N2O2/c1-20(2,3)12-17(19(27)25-21(4,5)6)16(18(24)26)8-7-13-9-14(22)11-15(23)10-13/h9-11,16-17H,7-8,12H2,1-6H3,(H2,24,26)(H,25,27). The second-order valence-corrected chi connectivity index (χ2v) is 9.44. The van der Waals surface area contributed by atoms with Gasteiger partial charge in [0.15, 0.2) is 0 Å². The van der Waals surface area contributed by atoms with Crippen molar-refractivity contribution >= 4 is 11.8 Å². The maximum Gasteiger partial charge on any atom is 0.224 e. The van der Waals surface area contributed by atoms with Crippen molar-refractivity contribution in [2.24, 2.45) is 23.0 Å². The maximum atomic E-state index is 13.4. The summed E-state index contributed by atoms with van der Waals surface area (Å²) in [6.07, 6.45) is 0.974. The van der Waals surface area contributed by atoms with E-state index >= 15 is 0 Å². The Hall–Kier alpha value is -1.98. The van der Waals surface area contributed by atoms with E-state index in [0.717, 1.165) is 6.07 Å². The van der Waals surface area contributed by atoms with E-state index in [-0.39, 0.29) is 24.2 Å². The summed E-state index contributed by atoms with van der Waals surface area (Å²) in [6.45, 7) is 11.6. The zero-order chi connectivity index (χ0) is 21.0. The van der Waals surface area contributed by atoms with E-state index < -0.39 is 34.9 Å². The molecule has 27 heavy (non-hydrogen) atoms. The van der Waals surface area contributed by atoms with Gasteiger partial charge in [-0.1, -0.05) is 20.8 Å². The minimum atomic E-state index is -0.724. The van der Waals surface area contributed by atoms with E-state index in [0.29, 0.717) is 12.0 Å². The molecule has 0 bridgehead atoms. The molecule has 0 fully saturated rings. The Labute approximate surface area is 160 Å².